The zero-order valence-corrected chi connectivity index (χ0v) is 13.1. The summed E-state index contributed by atoms with van der Waals surface area (Å²) in [5, 5.41) is 0. The average molecular weight is 297 g/mol. The fourth-order valence-corrected chi connectivity index (χ4v) is 4.13. The maximum absolute atomic E-state index is 12.4. The van der Waals surface area contributed by atoms with Gasteiger partial charge in [-0.25, -0.2) is 13.1 Å². The Labute approximate surface area is 121 Å². The highest BCUT2D eigenvalue weighted by Gasteiger charge is 2.30. The van der Waals surface area contributed by atoms with Gasteiger partial charge in [-0.05, 0) is 42.5 Å². The fourth-order valence-electron chi connectivity index (χ4n) is 2.77. The number of nitrogens with one attached hydrogen (secondary N) is 1. The highest BCUT2D eigenvalue weighted by atomic mass is 32.2. The van der Waals surface area contributed by atoms with E-state index in [-0.39, 0.29) is 6.04 Å². The summed E-state index contributed by atoms with van der Waals surface area (Å²) in [6.07, 6.45) is 3.18. The van der Waals surface area contributed by atoms with E-state index < -0.39 is 10.0 Å². The van der Waals surface area contributed by atoms with Gasteiger partial charge < -0.3 is 4.74 Å². The molecule has 1 aromatic carbocycles. The average Bonchev–Trinajstić information content (AvgIpc) is 2.44. The number of methoxy groups -OCH3 is 1. The Morgan fingerprint density at radius 2 is 1.80 bits per heavy atom. The summed E-state index contributed by atoms with van der Waals surface area (Å²) in [6.45, 7) is 4.32. The van der Waals surface area contributed by atoms with Crippen LogP contribution >= 0.6 is 0 Å². The maximum Gasteiger partial charge on any atom is 0.240 e. The summed E-state index contributed by atoms with van der Waals surface area (Å²) < 4.78 is 32.7. The van der Waals surface area contributed by atoms with E-state index in [0.717, 1.165) is 12.8 Å². The lowest BCUT2D eigenvalue weighted by atomic mass is 9.78. The van der Waals surface area contributed by atoms with Gasteiger partial charge in [-0.2, -0.15) is 0 Å². The molecule has 0 aromatic heterocycles. The van der Waals surface area contributed by atoms with Gasteiger partial charge in [-0.15, -0.1) is 0 Å². The molecule has 0 aliphatic heterocycles. The fraction of sp³-hybridized carbons (Fsp3) is 0.600. The van der Waals surface area contributed by atoms with Gasteiger partial charge in [0.1, 0.15) is 5.75 Å². The number of benzene rings is 1. The van der Waals surface area contributed by atoms with Gasteiger partial charge in [-0.3, -0.25) is 0 Å². The van der Waals surface area contributed by atoms with Crippen molar-refractivity contribution in [3.8, 4) is 5.75 Å². The van der Waals surface area contributed by atoms with Gasteiger partial charge in [0.2, 0.25) is 10.0 Å². The molecule has 1 N–H and O–H groups in total. The molecule has 0 radical (unpaired) electrons. The summed E-state index contributed by atoms with van der Waals surface area (Å²) in [4.78, 5) is 0.295. The van der Waals surface area contributed by atoms with Gasteiger partial charge in [0.05, 0.1) is 12.0 Å². The standard InChI is InChI=1S/C15H23NO3S/c1-11-5-4-6-15(12(11)2)16-20(17,18)14-9-7-13(19-3)8-10-14/h7-12,15-16H,4-6H2,1-3H3/t11-,12-,15+/m1/s1. The van der Waals surface area contributed by atoms with Crippen molar-refractivity contribution in [1.82, 2.24) is 4.72 Å². The van der Waals surface area contributed by atoms with Gasteiger partial charge in [0, 0.05) is 6.04 Å². The van der Waals surface area contributed by atoms with E-state index in [1.165, 1.54) is 6.42 Å². The van der Waals surface area contributed by atoms with E-state index in [2.05, 4.69) is 18.6 Å². The Bertz CT molecular complexity index is 539. The summed E-state index contributed by atoms with van der Waals surface area (Å²) in [5.41, 5.74) is 0. The Kier molecular flexibility index (Phi) is 4.70. The topological polar surface area (TPSA) is 55.4 Å². The summed E-state index contributed by atoms with van der Waals surface area (Å²) in [7, 11) is -1.88. The number of sulfonamides is 1. The largest absolute Gasteiger partial charge is 0.497 e. The first-order chi connectivity index (χ1) is 9.44. The highest BCUT2D eigenvalue weighted by molar-refractivity contribution is 7.89. The molecule has 1 aromatic rings. The zero-order valence-electron chi connectivity index (χ0n) is 12.3. The lowest BCUT2D eigenvalue weighted by Crippen LogP contribution is -2.43. The van der Waals surface area contributed by atoms with Gasteiger partial charge in [-0.1, -0.05) is 26.7 Å². The van der Waals surface area contributed by atoms with E-state index in [0.29, 0.717) is 22.5 Å². The molecule has 2 rings (SSSR count). The van der Waals surface area contributed by atoms with Crippen molar-refractivity contribution in [2.24, 2.45) is 11.8 Å². The molecule has 0 amide bonds. The smallest absolute Gasteiger partial charge is 0.240 e. The monoisotopic (exact) mass is 297 g/mol. The van der Waals surface area contributed by atoms with Crippen LogP contribution in [-0.4, -0.2) is 21.6 Å². The molecule has 3 atom stereocenters. The third kappa shape index (κ3) is 3.33. The van der Waals surface area contributed by atoms with E-state index in [1.54, 1.807) is 31.4 Å². The van der Waals surface area contributed by atoms with Crippen LogP contribution in [0.1, 0.15) is 33.1 Å². The minimum atomic E-state index is -3.45. The van der Waals surface area contributed by atoms with Crippen LogP contribution in [0.25, 0.3) is 0 Å². The Balaban J connectivity index is 2.13. The van der Waals surface area contributed by atoms with Crippen LogP contribution in [0.3, 0.4) is 0 Å². The Hall–Kier alpha value is -1.07. The summed E-state index contributed by atoms with van der Waals surface area (Å²) in [5.74, 6) is 1.59. The van der Waals surface area contributed by atoms with Gasteiger partial charge in [0.25, 0.3) is 0 Å². The maximum atomic E-state index is 12.4. The zero-order chi connectivity index (χ0) is 14.8. The van der Waals surface area contributed by atoms with E-state index in [1.807, 2.05) is 0 Å². The molecule has 112 valence electrons. The quantitative estimate of drug-likeness (QED) is 0.929. The second-order valence-corrected chi connectivity index (χ2v) is 7.38. The lowest BCUT2D eigenvalue weighted by Gasteiger charge is -2.34. The molecule has 0 saturated heterocycles. The van der Waals surface area contributed by atoms with E-state index >= 15 is 0 Å². The van der Waals surface area contributed by atoms with Crippen LogP contribution < -0.4 is 9.46 Å². The number of hydrogen-bond donors (Lipinski definition) is 1. The van der Waals surface area contributed by atoms with E-state index in [9.17, 15) is 8.42 Å². The molecule has 5 heteroatoms. The molecule has 1 saturated carbocycles. The van der Waals surface area contributed by atoms with Crippen molar-refractivity contribution < 1.29 is 13.2 Å². The highest BCUT2D eigenvalue weighted by Crippen LogP contribution is 2.30. The predicted octanol–water partition coefficient (Wildman–Crippen LogP) is 2.80. The lowest BCUT2D eigenvalue weighted by molar-refractivity contribution is 0.227. The molecule has 20 heavy (non-hydrogen) atoms. The molecule has 1 fully saturated rings. The number of ether oxygens (including phenoxy) is 1. The van der Waals surface area contributed by atoms with Crippen LogP contribution in [0.5, 0.6) is 5.75 Å². The van der Waals surface area contributed by atoms with Crippen molar-refractivity contribution in [3.63, 3.8) is 0 Å². The molecular weight excluding hydrogens is 274 g/mol. The summed E-state index contributed by atoms with van der Waals surface area (Å²) >= 11 is 0. The molecule has 4 nitrogen and oxygen atoms in total. The minimum absolute atomic E-state index is 0.0332. The minimum Gasteiger partial charge on any atom is -0.497 e. The van der Waals surface area contributed by atoms with Crippen molar-refractivity contribution in [3.05, 3.63) is 24.3 Å². The first-order valence-corrected chi connectivity index (χ1v) is 8.59. The molecule has 0 bridgehead atoms. The normalized spacial score (nSPS) is 27.2. The summed E-state index contributed by atoms with van der Waals surface area (Å²) in [6, 6.07) is 6.53. The first kappa shape index (κ1) is 15.3. The molecular formula is C15H23NO3S. The molecule has 1 aliphatic rings. The second-order valence-electron chi connectivity index (χ2n) is 5.67. The van der Waals surface area contributed by atoms with Crippen molar-refractivity contribution in [1.29, 1.82) is 0 Å². The third-order valence-electron chi connectivity index (χ3n) is 4.38. The second kappa shape index (κ2) is 6.14. The van der Waals surface area contributed by atoms with Crippen molar-refractivity contribution in [2.75, 3.05) is 7.11 Å². The number of rotatable bonds is 4. The molecule has 1 aliphatic carbocycles. The SMILES string of the molecule is COc1ccc(S(=O)(=O)N[C@H]2CCC[C@@H](C)[C@H]2C)cc1. The molecule has 0 spiro atoms. The van der Waals surface area contributed by atoms with Gasteiger partial charge >= 0.3 is 0 Å². The Morgan fingerprint density at radius 3 is 2.40 bits per heavy atom. The van der Waals surface area contributed by atoms with Crippen LogP contribution in [0.15, 0.2) is 29.2 Å². The van der Waals surface area contributed by atoms with Crippen LogP contribution in [0.4, 0.5) is 0 Å². The van der Waals surface area contributed by atoms with E-state index in [4.69, 9.17) is 4.74 Å². The van der Waals surface area contributed by atoms with Crippen LogP contribution in [0, 0.1) is 11.8 Å². The van der Waals surface area contributed by atoms with Crippen LogP contribution in [0.2, 0.25) is 0 Å². The van der Waals surface area contributed by atoms with Crippen LogP contribution in [-0.2, 0) is 10.0 Å². The van der Waals surface area contributed by atoms with Gasteiger partial charge in [0.15, 0.2) is 0 Å². The number of hydrogen-bond acceptors (Lipinski definition) is 3. The first-order valence-electron chi connectivity index (χ1n) is 7.10. The predicted molar refractivity (Wildman–Crippen MR) is 79.3 cm³/mol. The van der Waals surface area contributed by atoms with Crippen molar-refractivity contribution >= 4 is 10.0 Å². The molecule has 0 unspecified atom stereocenters. The van der Waals surface area contributed by atoms with Crippen molar-refractivity contribution in [2.45, 2.75) is 44.0 Å². The third-order valence-corrected chi connectivity index (χ3v) is 5.89. The Morgan fingerprint density at radius 1 is 1.15 bits per heavy atom. The molecule has 0 heterocycles.